The molecule has 2 heterocycles. The molecule has 1 aromatic heterocycles. The van der Waals surface area contributed by atoms with Crippen molar-refractivity contribution in [3.05, 3.63) is 60.1 Å². The van der Waals surface area contributed by atoms with Gasteiger partial charge in [0.25, 0.3) is 0 Å². The van der Waals surface area contributed by atoms with Gasteiger partial charge in [0.05, 0.1) is 12.9 Å². The van der Waals surface area contributed by atoms with Gasteiger partial charge in [0, 0.05) is 60.9 Å². The highest BCUT2D eigenvalue weighted by molar-refractivity contribution is 6.00. The number of piperazine rings is 1. The van der Waals surface area contributed by atoms with Gasteiger partial charge in [-0.15, -0.1) is 0 Å². The summed E-state index contributed by atoms with van der Waals surface area (Å²) in [6.45, 7) is 7.85. The molecule has 6 heteroatoms. The van der Waals surface area contributed by atoms with E-state index in [-0.39, 0.29) is 11.7 Å². The molecule has 3 aromatic rings. The predicted octanol–water partition coefficient (Wildman–Crippen LogP) is 6.52. The van der Waals surface area contributed by atoms with Crippen LogP contribution in [0, 0.1) is 5.82 Å². The molecule has 0 atom stereocenters. The largest absolute Gasteiger partial charge is 0.493 e. The van der Waals surface area contributed by atoms with E-state index in [0.29, 0.717) is 24.0 Å². The molecule has 2 aliphatic rings. The number of nitrogens with zero attached hydrogens (tertiary/aromatic N) is 2. The Morgan fingerprint density at radius 1 is 1.08 bits per heavy atom. The highest BCUT2D eigenvalue weighted by Crippen LogP contribution is 2.37. The van der Waals surface area contributed by atoms with Crippen LogP contribution in [0.2, 0.25) is 0 Å². The maximum absolute atomic E-state index is 13.5. The number of carbonyl (C=O) groups is 1. The molecule has 1 saturated heterocycles. The van der Waals surface area contributed by atoms with Crippen molar-refractivity contribution in [3.63, 3.8) is 0 Å². The topological polar surface area (TPSA) is 45.9 Å². The van der Waals surface area contributed by atoms with Crippen LogP contribution in [0.5, 0.6) is 5.75 Å². The molecular weight excluding hydrogens is 455 g/mol. The Morgan fingerprint density at radius 2 is 1.81 bits per heavy atom. The average molecular weight is 491 g/mol. The fourth-order valence-corrected chi connectivity index (χ4v) is 5.60. The van der Waals surface area contributed by atoms with Gasteiger partial charge in [-0.25, -0.2) is 4.39 Å². The summed E-state index contributed by atoms with van der Waals surface area (Å²) < 4.78 is 25.2. The van der Waals surface area contributed by atoms with Crippen LogP contribution < -0.4 is 4.74 Å². The second-order valence-electron chi connectivity index (χ2n) is 9.91. The second kappa shape index (κ2) is 10.9. The number of amides is 1. The summed E-state index contributed by atoms with van der Waals surface area (Å²) in [5.41, 5.74) is 4.17. The Balaban J connectivity index is 1.37. The molecule has 36 heavy (non-hydrogen) atoms. The molecule has 1 saturated carbocycles. The number of fused-ring (bicyclic) bond motifs is 1. The SMILES string of the molecule is CCOc1cc2occ(-c3ccc(F)cc3)c2cc1/C(C)=C/C(=O)N1CCN(C2CCCCC2)CC1. The van der Waals surface area contributed by atoms with Gasteiger partial charge in [-0.3, -0.25) is 9.69 Å². The number of allylic oxidation sites excluding steroid dienone is 1. The Hall–Kier alpha value is -3.12. The van der Waals surface area contributed by atoms with E-state index in [2.05, 4.69) is 4.90 Å². The number of carbonyl (C=O) groups excluding carboxylic acids is 1. The minimum atomic E-state index is -0.275. The summed E-state index contributed by atoms with van der Waals surface area (Å²) in [7, 11) is 0. The molecule has 2 fully saturated rings. The second-order valence-corrected chi connectivity index (χ2v) is 9.91. The number of halogens is 1. The highest BCUT2D eigenvalue weighted by Gasteiger charge is 2.26. The molecule has 190 valence electrons. The Morgan fingerprint density at radius 3 is 2.50 bits per heavy atom. The summed E-state index contributed by atoms with van der Waals surface area (Å²) in [6.07, 6.45) is 10.0. The molecule has 1 aliphatic heterocycles. The van der Waals surface area contributed by atoms with Crippen LogP contribution in [0.25, 0.3) is 27.7 Å². The van der Waals surface area contributed by atoms with Gasteiger partial charge >= 0.3 is 0 Å². The number of rotatable bonds is 6. The third-order valence-corrected chi connectivity index (χ3v) is 7.61. The standard InChI is InChI=1S/C30H35FN2O3/c1-3-35-28-19-29-26(27(20-36-29)22-9-11-23(31)12-10-22)18-25(28)21(2)17-30(34)33-15-13-32(14-16-33)24-7-5-4-6-8-24/h9-12,17-20,24H,3-8,13-16H2,1-2H3/b21-17+. The first kappa shape index (κ1) is 24.6. The first-order chi connectivity index (χ1) is 17.5. The lowest BCUT2D eigenvalue weighted by molar-refractivity contribution is -0.128. The normalized spacial score (nSPS) is 18.1. The molecule has 0 N–H and O–H groups in total. The van der Waals surface area contributed by atoms with Gasteiger partial charge in [0.2, 0.25) is 5.91 Å². The number of furan rings is 1. The van der Waals surface area contributed by atoms with Crippen molar-refractivity contribution in [2.75, 3.05) is 32.8 Å². The van der Waals surface area contributed by atoms with Gasteiger partial charge in [-0.1, -0.05) is 31.4 Å². The van der Waals surface area contributed by atoms with E-state index in [1.54, 1.807) is 24.5 Å². The van der Waals surface area contributed by atoms with Crippen molar-refractivity contribution in [1.82, 2.24) is 9.80 Å². The average Bonchev–Trinajstić information content (AvgIpc) is 3.32. The van der Waals surface area contributed by atoms with Gasteiger partial charge < -0.3 is 14.1 Å². The smallest absolute Gasteiger partial charge is 0.246 e. The lowest BCUT2D eigenvalue weighted by Gasteiger charge is -2.40. The van der Waals surface area contributed by atoms with E-state index in [9.17, 15) is 9.18 Å². The summed E-state index contributed by atoms with van der Waals surface area (Å²) in [5, 5.41) is 0.904. The van der Waals surface area contributed by atoms with Gasteiger partial charge in [-0.05, 0) is 56.0 Å². The maximum Gasteiger partial charge on any atom is 0.246 e. The van der Waals surface area contributed by atoms with Crippen molar-refractivity contribution in [2.45, 2.75) is 52.0 Å². The van der Waals surface area contributed by atoms with Crippen LogP contribution in [-0.4, -0.2) is 54.5 Å². The number of benzene rings is 2. The Labute approximate surface area is 212 Å². The van der Waals surface area contributed by atoms with Crippen LogP contribution in [0.3, 0.4) is 0 Å². The van der Waals surface area contributed by atoms with E-state index in [1.807, 2.05) is 30.9 Å². The van der Waals surface area contributed by atoms with Crippen molar-refractivity contribution in [3.8, 4) is 16.9 Å². The zero-order chi connectivity index (χ0) is 25.1. The first-order valence-corrected chi connectivity index (χ1v) is 13.2. The van der Waals surface area contributed by atoms with E-state index in [1.165, 1.54) is 44.2 Å². The fraction of sp³-hybridized carbons (Fsp3) is 0.433. The molecule has 1 aliphatic carbocycles. The lowest BCUT2D eigenvalue weighted by Crippen LogP contribution is -2.52. The third kappa shape index (κ3) is 5.19. The first-order valence-electron chi connectivity index (χ1n) is 13.2. The number of ether oxygens (including phenoxy) is 1. The van der Waals surface area contributed by atoms with Crippen molar-refractivity contribution >= 4 is 22.4 Å². The van der Waals surface area contributed by atoms with Crippen LogP contribution in [0.4, 0.5) is 4.39 Å². The molecule has 0 radical (unpaired) electrons. The predicted molar refractivity (Wildman–Crippen MR) is 141 cm³/mol. The van der Waals surface area contributed by atoms with Crippen LogP contribution in [0.15, 0.2) is 53.2 Å². The van der Waals surface area contributed by atoms with E-state index >= 15 is 0 Å². The van der Waals surface area contributed by atoms with Crippen molar-refractivity contribution in [1.29, 1.82) is 0 Å². The van der Waals surface area contributed by atoms with E-state index < -0.39 is 0 Å². The van der Waals surface area contributed by atoms with Crippen molar-refractivity contribution < 1.29 is 18.3 Å². The summed E-state index contributed by atoms with van der Waals surface area (Å²) in [6, 6.07) is 11.0. The van der Waals surface area contributed by atoms with Gasteiger partial charge in [0.15, 0.2) is 0 Å². The molecule has 1 amide bonds. The molecule has 5 nitrogen and oxygen atoms in total. The fourth-order valence-electron chi connectivity index (χ4n) is 5.60. The van der Waals surface area contributed by atoms with Crippen LogP contribution in [0.1, 0.15) is 51.5 Å². The lowest BCUT2D eigenvalue weighted by atomic mass is 9.94. The highest BCUT2D eigenvalue weighted by atomic mass is 19.1. The van der Waals surface area contributed by atoms with E-state index in [0.717, 1.165) is 53.8 Å². The maximum atomic E-state index is 13.5. The Bertz CT molecular complexity index is 1230. The Kier molecular flexibility index (Phi) is 7.42. The molecule has 0 spiro atoms. The van der Waals surface area contributed by atoms with E-state index in [4.69, 9.17) is 9.15 Å². The summed E-state index contributed by atoms with van der Waals surface area (Å²) >= 11 is 0. The van der Waals surface area contributed by atoms with Gasteiger partial charge in [0.1, 0.15) is 17.1 Å². The molecule has 0 bridgehead atoms. The molecular formula is C30H35FN2O3. The number of hydrogen-bond acceptors (Lipinski definition) is 4. The minimum absolute atomic E-state index is 0.0456. The summed E-state index contributed by atoms with van der Waals surface area (Å²) in [4.78, 5) is 17.7. The zero-order valence-corrected chi connectivity index (χ0v) is 21.3. The monoisotopic (exact) mass is 490 g/mol. The quantitative estimate of drug-likeness (QED) is 0.369. The molecule has 2 aromatic carbocycles. The van der Waals surface area contributed by atoms with Gasteiger partial charge in [-0.2, -0.15) is 0 Å². The minimum Gasteiger partial charge on any atom is -0.493 e. The van der Waals surface area contributed by atoms with Crippen LogP contribution in [-0.2, 0) is 4.79 Å². The summed E-state index contributed by atoms with van der Waals surface area (Å²) in [5.74, 6) is 0.459. The third-order valence-electron chi connectivity index (χ3n) is 7.61. The molecule has 5 rings (SSSR count). The van der Waals surface area contributed by atoms with Crippen LogP contribution >= 0.6 is 0 Å². The zero-order valence-electron chi connectivity index (χ0n) is 21.3. The number of hydrogen-bond donors (Lipinski definition) is 0. The van der Waals surface area contributed by atoms with Crippen molar-refractivity contribution in [2.24, 2.45) is 0 Å². The molecule has 0 unspecified atom stereocenters.